The summed E-state index contributed by atoms with van der Waals surface area (Å²) in [7, 11) is 0. The zero-order chi connectivity index (χ0) is 13.0. The molecule has 0 bridgehead atoms. The number of pyridine rings is 2. The van der Waals surface area contributed by atoms with Crippen molar-refractivity contribution in [2.24, 2.45) is 0 Å². The smallest absolute Gasteiger partial charge is 0.335 e. The van der Waals surface area contributed by atoms with Crippen molar-refractivity contribution in [1.82, 2.24) is 9.97 Å². The normalized spacial score (nSPS) is 10.1. The number of hydrogen-bond donors (Lipinski definition) is 2. The van der Waals surface area contributed by atoms with Gasteiger partial charge in [-0.05, 0) is 29.8 Å². The van der Waals surface area contributed by atoms with Gasteiger partial charge in [0.2, 0.25) is 0 Å². The van der Waals surface area contributed by atoms with Crippen molar-refractivity contribution in [2.75, 3.05) is 5.32 Å². The van der Waals surface area contributed by atoms with E-state index < -0.39 is 5.97 Å². The van der Waals surface area contributed by atoms with E-state index in [4.69, 9.17) is 16.7 Å². The van der Waals surface area contributed by atoms with Gasteiger partial charge in [-0.25, -0.2) is 9.78 Å². The summed E-state index contributed by atoms with van der Waals surface area (Å²) in [4.78, 5) is 18.8. The number of carboxylic acids is 1. The Bertz CT molecular complexity index is 561. The summed E-state index contributed by atoms with van der Waals surface area (Å²) in [5, 5.41) is 12.1. The fourth-order valence-corrected chi connectivity index (χ4v) is 1.61. The number of nitrogens with one attached hydrogen (secondary N) is 1. The van der Waals surface area contributed by atoms with E-state index in [-0.39, 0.29) is 10.7 Å². The van der Waals surface area contributed by atoms with E-state index in [2.05, 4.69) is 15.3 Å². The minimum absolute atomic E-state index is 0.104. The predicted molar refractivity (Wildman–Crippen MR) is 67.8 cm³/mol. The maximum Gasteiger partial charge on any atom is 0.335 e. The fraction of sp³-hybridized carbons (Fsp3) is 0.0833. The number of hydrogen-bond acceptors (Lipinski definition) is 4. The predicted octanol–water partition coefficient (Wildman–Crippen LogP) is 2.44. The average molecular weight is 264 g/mol. The Morgan fingerprint density at radius 3 is 2.72 bits per heavy atom. The molecule has 0 saturated carbocycles. The van der Waals surface area contributed by atoms with Gasteiger partial charge in [0.05, 0.1) is 5.56 Å². The van der Waals surface area contributed by atoms with Gasteiger partial charge in [0.1, 0.15) is 11.0 Å². The quantitative estimate of drug-likeness (QED) is 0.829. The molecule has 0 fully saturated rings. The Balaban J connectivity index is 2.12. The van der Waals surface area contributed by atoms with Crippen LogP contribution in [0.3, 0.4) is 0 Å². The van der Waals surface area contributed by atoms with Crippen LogP contribution in [-0.2, 0) is 6.54 Å². The third-order valence-corrected chi connectivity index (χ3v) is 2.46. The molecule has 0 aliphatic rings. The summed E-state index contributed by atoms with van der Waals surface area (Å²) < 4.78 is 0. The van der Waals surface area contributed by atoms with Crippen LogP contribution in [0.5, 0.6) is 0 Å². The summed E-state index contributed by atoms with van der Waals surface area (Å²) in [5.41, 5.74) is 1.12. The second-order valence-electron chi connectivity index (χ2n) is 3.58. The minimum Gasteiger partial charge on any atom is -0.478 e. The fourth-order valence-electron chi connectivity index (χ4n) is 1.40. The number of nitrogens with zero attached hydrogens (tertiary/aromatic N) is 2. The molecule has 0 radical (unpaired) electrons. The van der Waals surface area contributed by atoms with E-state index in [1.54, 1.807) is 12.4 Å². The summed E-state index contributed by atoms with van der Waals surface area (Å²) in [6, 6.07) is 6.46. The van der Waals surface area contributed by atoms with Crippen LogP contribution in [0.4, 0.5) is 5.82 Å². The molecule has 0 amide bonds. The summed E-state index contributed by atoms with van der Waals surface area (Å²) in [6.07, 6.45) is 3.37. The number of anilines is 1. The Hall–Kier alpha value is -2.14. The number of carbonyl (C=O) groups is 1. The van der Waals surface area contributed by atoms with E-state index in [0.29, 0.717) is 12.4 Å². The van der Waals surface area contributed by atoms with Gasteiger partial charge in [-0.2, -0.15) is 0 Å². The summed E-state index contributed by atoms with van der Waals surface area (Å²) in [5.74, 6) is -0.608. The molecule has 6 heteroatoms. The molecule has 2 aromatic rings. The van der Waals surface area contributed by atoms with Gasteiger partial charge in [-0.1, -0.05) is 11.6 Å². The highest BCUT2D eigenvalue weighted by atomic mass is 35.5. The molecule has 0 spiro atoms. The SMILES string of the molecule is O=C(O)c1cc(Cl)nc(NCc2ccncc2)c1. The average Bonchev–Trinajstić information content (AvgIpc) is 2.37. The van der Waals surface area contributed by atoms with Gasteiger partial charge in [0, 0.05) is 18.9 Å². The molecule has 18 heavy (non-hydrogen) atoms. The zero-order valence-corrected chi connectivity index (χ0v) is 10.1. The van der Waals surface area contributed by atoms with Crippen LogP contribution < -0.4 is 5.32 Å². The Kier molecular flexibility index (Phi) is 3.74. The van der Waals surface area contributed by atoms with Crippen molar-refractivity contribution in [2.45, 2.75) is 6.54 Å². The third-order valence-electron chi connectivity index (χ3n) is 2.26. The van der Waals surface area contributed by atoms with E-state index >= 15 is 0 Å². The second kappa shape index (κ2) is 5.46. The molecular weight excluding hydrogens is 254 g/mol. The first-order chi connectivity index (χ1) is 8.65. The van der Waals surface area contributed by atoms with Gasteiger partial charge in [-0.15, -0.1) is 0 Å². The second-order valence-corrected chi connectivity index (χ2v) is 3.97. The van der Waals surface area contributed by atoms with Crippen LogP contribution in [0, 0.1) is 0 Å². The van der Waals surface area contributed by atoms with Gasteiger partial charge < -0.3 is 10.4 Å². The van der Waals surface area contributed by atoms with E-state index in [1.807, 2.05) is 12.1 Å². The van der Waals surface area contributed by atoms with Crippen molar-refractivity contribution in [3.63, 3.8) is 0 Å². The lowest BCUT2D eigenvalue weighted by molar-refractivity contribution is 0.0697. The standard InChI is InChI=1S/C12H10ClN3O2/c13-10-5-9(12(17)18)6-11(16-10)15-7-8-1-3-14-4-2-8/h1-6H,7H2,(H,15,16)(H,17,18). The van der Waals surface area contributed by atoms with E-state index in [1.165, 1.54) is 12.1 Å². The van der Waals surface area contributed by atoms with Crippen LogP contribution in [-0.4, -0.2) is 21.0 Å². The highest BCUT2D eigenvalue weighted by Gasteiger charge is 2.07. The Labute approximate surface area is 108 Å². The largest absolute Gasteiger partial charge is 0.478 e. The molecule has 2 N–H and O–H groups in total. The third kappa shape index (κ3) is 3.18. The number of carboxylic acid groups (broad SMARTS) is 1. The van der Waals surface area contributed by atoms with Crippen LogP contribution in [0.1, 0.15) is 15.9 Å². The molecule has 0 aliphatic carbocycles. The van der Waals surface area contributed by atoms with Crippen molar-refractivity contribution in [3.8, 4) is 0 Å². The van der Waals surface area contributed by atoms with Gasteiger partial charge in [-0.3, -0.25) is 4.98 Å². The van der Waals surface area contributed by atoms with Gasteiger partial charge >= 0.3 is 5.97 Å². The number of aromatic carboxylic acids is 1. The van der Waals surface area contributed by atoms with Crippen LogP contribution >= 0.6 is 11.6 Å². The van der Waals surface area contributed by atoms with E-state index in [0.717, 1.165) is 5.56 Å². The number of rotatable bonds is 4. The summed E-state index contributed by atoms with van der Waals surface area (Å²) >= 11 is 5.75. The minimum atomic E-state index is -1.04. The first kappa shape index (κ1) is 12.3. The molecule has 2 aromatic heterocycles. The highest BCUT2D eigenvalue weighted by molar-refractivity contribution is 6.29. The lowest BCUT2D eigenvalue weighted by Gasteiger charge is -2.06. The lowest BCUT2D eigenvalue weighted by atomic mass is 10.2. The molecule has 92 valence electrons. The Morgan fingerprint density at radius 2 is 2.06 bits per heavy atom. The maximum atomic E-state index is 10.9. The zero-order valence-electron chi connectivity index (χ0n) is 9.30. The molecule has 0 atom stereocenters. The van der Waals surface area contributed by atoms with Crippen LogP contribution in [0.2, 0.25) is 5.15 Å². The van der Waals surface area contributed by atoms with Crippen molar-refractivity contribution >= 4 is 23.4 Å². The maximum absolute atomic E-state index is 10.9. The molecule has 2 heterocycles. The first-order valence-corrected chi connectivity index (χ1v) is 5.56. The monoisotopic (exact) mass is 263 g/mol. The van der Waals surface area contributed by atoms with Crippen LogP contribution in [0.25, 0.3) is 0 Å². The highest BCUT2D eigenvalue weighted by Crippen LogP contribution is 2.15. The van der Waals surface area contributed by atoms with Crippen molar-refractivity contribution < 1.29 is 9.90 Å². The Morgan fingerprint density at radius 1 is 1.33 bits per heavy atom. The van der Waals surface area contributed by atoms with Gasteiger partial charge in [0.15, 0.2) is 0 Å². The molecule has 0 aliphatic heterocycles. The lowest BCUT2D eigenvalue weighted by Crippen LogP contribution is -2.04. The molecule has 0 saturated heterocycles. The topological polar surface area (TPSA) is 75.1 Å². The van der Waals surface area contributed by atoms with Crippen LogP contribution in [0.15, 0.2) is 36.7 Å². The first-order valence-electron chi connectivity index (χ1n) is 5.19. The molecule has 2 rings (SSSR count). The van der Waals surface area contributed by atoms with Crippen molar-refractivity contribution in [3.05, 3.63) is 52.9 Å². The van der Waals surface area contributed by atoms with Crippen molar-refractivity contribution in [1.29, 1.82) is 0 Å². The number of aromatic nitrogens is 2. The molecule has 0 unspecified atom stereocenters. The molecule has 0 aromatic carbocycles. The van der Waals surface area contributed by atoms with Gasteiger partial charge in [0.25, 0.3) is 0 Å². The molecular formula is C12H10ClN3O2. The molecule has 5 nitrogen and oxygen atoms in total. The number of halogens is 1. The summed E-state index contributed by atoms with van der Waals surface area (Å²) in [6.45, 7) is 0.523. The van der Waals surface area contributed by atoms with E-state index in [9.17, 15) is 4.79 Å².